The highest BCUT2D eigenvalue weighted by Gasteiger charge is 2.32. The van der Waals surface area contributed by atoms with Crippen molar-refractivity contribution in [2.75, 3.05) is 32.8 Å². The van der Waals surface area contributed by atoms with E-state index in [4.69, 9.17) is 4.74 Å². The second-order valence-corrected chi connectivity index (χ2v) is 6.23. The maximum Gasteiger partial charge on any atom is 0.239 e. The normalized spacial score (nSPS) is 25.1. The number of carbonyl (C=O) groups excluding carboxylic acids is 1. The fourth-order valence-electron chi connectivity index (χ4n) is 3.47. The molecule has 6 nitrogen and oxygen atoms in total. The van der Waals surface area contributed by atoms with E-state index in [2.05, 4.69) is 14.9 Å². The monoisotopic (exact) mass is 306 g/mol. The summed E-state index contributed by atoms with van der Waals surface area (Å²) in [6, 6.07) is 2.15. The molecule has 2 saturated heterocycles. The molecule has 2 aliphatic rings. The fourth-order valence-corrected chi connectivity index (χ4v) is 3.47. The van der Waals surface area contributed by atoms with Gasteiger partial charge in [0.15, 0.2) is 0 Å². The summed E-state index contributed by atoms with van der Waals surface area (Å²) >= 11 is 0. The highest BCUT2D eigenvalue weighted by atomic mass is 16.5. The Morgan fingerprint density at radius 3 is 2.86 bits per heavy atom. The number of morpholine rings is 1. The molecule has 0 N–H and O–H groups in total. The largest absolute Gasteiger partial charge is 0.379 e. The van der Waals surface area contributed by atoms with E-state index in [0.29, 0.717) is 0 Å². The first-order valence-corrected chi connectivity index (χ1v) is 8.35. The van der Waals surface area contributed by atoms with Crippen molar-refractivity contribution in [2.24, 2.45) is 0 Å². The minimum absolute atomic E-state index is 0.0536. The molecule has 3 rings (SSSR count). The standard InChI is InChI=1S/C16H26N4O2/c1-14(18-9-11-22-12-10-18)16(21)20-8-3-2-5-15(20)13-19-7-4-6-17-19/h4,6-7,14-15H,2-3,5,8-13H2,1H3/t14-,15+/m0/s1. The highest BCUT2D eigenvalue weighted by molar-refractivity contribution is 5.82. The Labute approximate surface area is 132 Å². The number of amides is 1. The lowest BCUT2D eigenvalue weighted by Crippen LogP contribution is -2.55. The van der Waals surface area contributed by atoms with E-state index in [-0.39, 0.29) is 18.0 Å². The van der Waals surface area contributed by atoms with Crippen LogP contribution in [-0.2, 0) is 16.1 Å². The third-order valence-corrected chi connectivity index (χ3v) is 4.82. The van der Waals surface area contributed by atoms with Crippen molar-refractivity contribution >= 4 is 5.91 Å². The Kier molecular flexibility index (Phi) is 5.10. The topological polar surface area (TPSA) is 50.6 Å². The third-order valence-electron chi connectivity index (χ3n) is 4.82. The number of piperidine rings is 1. The smallest absolute Gasteiger partial charge is 0.239 e. The lowest BCUT2D eigenvalue weighted by molar-refractivity contribution is -0.142. The molecule has 0 spiro atoms. The van der Waals surface area contributed by atoms with Crippen LogP contribution < -0.4 is 0 Å². The molecule has 2 atom stereocenters. The van der Waals surface area contributed by atoms with Gasteiger partial charge in [0.1, 0.15) is 0 Å². The van der Waals surface area contributed by atoms with Crippen LogP contribution in [-0.4, -0.2) is 70.4 Å². The summed E-state index contributed by atoms with van der Waals surface area (Å²) in [4.78, 5) is 17.3. The lowest BCUT2D eigenvalue weighted by Gasteiger charge is -2.40. The molecule has 22 heavy (non-hydrogen) atoms. The van der Waals surface area contributed by atoms with Gasteiger partial charge in [0, 0.05) is 32.0 Å². The summed E-state index contributed by atoms with van der Waals surface area (Å²) in [5.74, 6) is 0.263. The van der Waals surface area contributed by atoms with Gasteiger partial charge in [-0.2, -0.15) is 5.10 Å². The maximum absolute atomic E-state index is 13.0. The molecular weight excluding hydrogens is 280 g/mol. The minimum atomic E-state index is -0.0536. The van der Waals surface area contributed by atoms with Crippen LogP contribution in [0.25, 0.3) is 0 Å². The Bertz CT molecular complexity index is 471. The van der Waals surface area contributed by atoms with E-state index in [1.54, 1.807) is 6.20 Å². The summed E-state index contributed by atoms with van der Waals surface area (Å²) in [7, 11) is 0. The summed E-state index contributed by atoms with van der Waals surface area (Å²) in [6.45, 7) is 6.87. The quantitative estimate of drug-likeness (QED) is 0.832. The second-order valence-electron chi connectivity index (χ2n) is 6.23. The maximum atomic E-state index is 13.0. The molecular formula is C16H26N4O2. The zero-order chi connectivity index (χ0) is 15.4. The van der Waals surface area contributed by atoms with Gasteiger partial charge in [-0.05, 0) is 32.3 Å². The van der Waals surface area contributed by atoms with Crippen LogP contribution in [0.3, 0.4) is 0 Å². The van der Waals surface area contributed by atoms with Crippen molar-refractivity contribution in [3.63, 3.8) is 0 Å². The van der Waals surface area contributed by atoms with Gasteiger partial charge in [0.05, 0.1) is 31.8 Å². The van der Waals surface area contributed by atoms with E-state index in [1.165, 1.54) is 6.42 Å². The Morgan fingerprint density at radius 1 is 1.32 bits per heavy atom. The van der Waals surface area contributed by atoms with Crippen molar-refractivity contribution in [3.05, 3.63) is 18.5 Å². The summed E-state index contributed by atoms with van der Waals surface area (Å²) in [5, 5.41) is 4.29. The SMILES string of the molecule is C[C@@H](C(=O)N1CCCC[C@@H]1Cn1cccn1)N1CCOCC1. The van der Waals surface area contributed by atoms with Crippen LogP contribution in [0.2, 0.25) is 0 Å². The Morgan fingerprint density at radius 2 is 2.14 bits per heavy atom. The number of hydrogen-bond donors (Lipinski definition) is 0. The molecule has 6 heteroatoms. The average molecular weight is 306 g/mol. The molecule has 1 aromatic rings. The number of nitrogens with zero attached hydrogens (tertiary/aromatic N) is 4. The molecule has 2 fully saturated rings. The molecule has 0 radical (unpaired) electrons. The van der Waals surface area contributed by atoms with Crippen molar-refractivity contribution in [3.8, 4) is 0 Å². The van der Waals surface area contributed by atoms with Gasteiger partial charge in [-0.1, -0.05) is 0 Å². The molecule has 3 heterocycles. The molecule has 1 amide bonds. The first-order chi connectivity index (χ1) is 10.8. The van der Waals surface area contributed by atoms with E-state index in [9.17, 15) is 4.79 Å². The van der Waals surface area contributed by atoms with Crippen molar-refractivity contribution in [1.82, 2.24) is 19.6 Å². The molecule has 0 saturated carbocycles. The average Bonchev–Trinajstić information content (AvgIpc) is 3.08. The summed E-state index contributed by atoms with van der Waals surface area (Å²) < 4.78 is 7.33. The van der Waals surface area contributed by atoms with Crippen LogP contribution in [0, 0.1) is 0 Å². The van der Waals surface area contributed by atoms with Gasteiger partial charge in [-0.25, -0.2) is 0 Å². The molecule has 2 aliphatic heterocycles. The van der Waals surface area contributed by atoms with Crippen LogP contribution in [0.1, 0.15) is 26.2 Å². The predicted octanol–water partition coefficient (Wildman–Crippen LogP) is 0.985. The van der Waals surface area contributed by atoms with Gasteiger partial charge in [-0.15, -0.1) is 0 Å². The first kappa shape index (κ1) is 15.5. The second kappa shape index (κ2) is 7.24. The zero-order valence-electron chi connectivity index (χ0n) is 13.4. The molecule has 0 aromatic carbocycles. The van der Waals surface area contributed by atoms with Gasteiger partial charge < -0.3 is 9.64 Å². The summed E-state index contributed by atoms with van der Waals surface area (Å²) in [6.07, 6.45) is 7.15. The number of rotatable bonds is 4. The molecule has 0 aliphatic carbocycles. The number of carbonyl (C=O) groups is 1. The molecule has 1 aromatic heterocycles. The third kappa shape index (κ3) is 3.50. The number of ether oxygens (including phenoxy) is 1. The van der Waals surface area contributed by atoms with Crippen LogP contribution in [0.5, 0.6) is 0 Å². The molecule has 0 unspecified atom stereocenters. The predicted molar refractivity (Wildman–Crippen MR) is 83.4 cm³/mol. The van der Waals surface area contributed by atoms with E-state index < -0.39 is 0 Å². The van der Waals surface area contributed by atoms with Crippen LogP contribution in [0.15, 0.2) is 18.5 Å². The van der Waals surface area contributed by atoms with Gasteiger partial charge in [0.2, 0.25) is 5.91 Å². The van der Waals surface area contributed by atoms with Crippen molar-refractivity contribution in [1.29, 1.82) is 0 Å². The fraction of sp³-hybridized carbons (Fsp3) is 0.750. The lowest BCUT2D eigenvalue weighted by atomic mass is 10.0. The molecule has 122 valence electrons. The van der Waals surface area contributed by atoms with Crippen molar-refractivity contribution in [2.45, 2.75) is 44.8 Å². The number of hydrogen-bond acceptors (Lipinski definition) is 4. The molecule has 0 bridgehead atoms. The van der Waals surface area contributed by atoms with Crippen LogP contribution in [0.4, 0.5) is 0 Å². The van der Waals surface area contributed by atoms with E-state index in [0.717, 1.165) is 52.2 Å². The van der Waals surface area contributed by atoms with Gasteiger partial charge in [0.25, 0.3) is 0 Å². The van der Waals surface area contributed by atoms with E-state index in [1.807, 2.05) is 23.9 Å². The minimum Gasteiger partial charge on any atom is -0.379 e. The highest BCUT2D eigenvalue weighted by Crippen LogP contribution is 2.21. The van der Waals surface area contributed by atoms with Gasteiger partial charge >= 0.3 is 0 Å². The first-order valence-electron chi connectivity index (χ1n) is 8.35. The van der Waals surface area contributed by atoms with Crippen molar-refractivity contribution < 1.29 is 9.53 Å². The van der Waals surface area contributed by atoms with E-state index >= 15 is 0 Å². The summed E-state index contributed by atoms with van der Waals surface area (Å²) in [5.41, 5.74) is 0. The van der Waals surface area contributed by atoms with Crippen LogP contribution >= 0.6 is 0 Å². The number of aromatic nitrogens is 2. The van der Waals surface area contributed by atoms with Gasteiger partial charge in [-0.3, -0.25) is 14.4 Å². The zero-order valence-corrected chi connectivity index (χ0v) is 13.4. The number of likely N-dealkylation sites (tertiary alicyclic amines) is 1. The Hall–Kier alpha value is -1.40. The Balaban J connectivity index is 1.65.